The molecule has 0 radical (unpaired) electrons. The maximum atomic E-state index is 11.8. The Hall–Kier alpha value is -1.56. The highest BCUT2D eigenvalue weighted by Crippen LogP contribution is 2.32. The normalized spacial score (nSPS) is 10.0. The van der Waals surface area contributed by atoms with Crippen molar-refractivity contribution in [2.45, 2.75) is 26.7 Å². The van der Waals surface area contributed by atoms with Crippen LogP contribution in [0.3, 0.4) is 0 Å². The molecule has 5 nitrogen and oxygen atoms in total. The number of rotatable bonds is 6. The number of benzene rings is 1. The fraction of sp³-hybridized carbons (Fsp3) is 0.429. The number of aryl methyl sites for hydroxylation is 1. The third kappa shape index (κ3) is 4.85. The van der Waals surface area contributed by atoms with Gasteiger partial charge in [0.1, 0.15) is 5.75 Å². The number of hydrogen-bond donors (Lipinski definition) is 1. The number of carbonyl (C=O) groups excluding carboxylic acids is 2. The molecule has 0 fully saturated rings. The highest BCUT2D eigenvalue weighted by Gasteiger charge is 2.13. The molecular weight excluding hydrogens is 326 g/mol. The van der Waals surface area contributed by atoms with Crippen LogP contribution in [0.1, 0.15) is 25.3 Å². The van der Waals surface area contributed by atoms with Crippen LogP contribution in [-0.2, 0) is 14.3 Å². The Kier molecular flexibility index (Phi) is 6.51. The van der Waals surface area contributed by atoms with Gasteiger partial charge in [0.15, 0.2) is 0 Å². The number of methoxy groups -OCH3 is 1. The average Bonchev–Trinajstić information content (AvgIpc) is 2.39. The first kappa shape index (κ1) is 16.5. The van der Waals surface area contributed by atoms with E-state index >= 15 is 0 Å². The second-order valence-corrected chi connectivity index (χ2v) is 5.07. The molecule has 20 heavy (non-hydrogen) atoms. The van der Waals surface area contributed by atoms with E-state index < -0.39 is 0 Å². The summed E-state index contributed by atoms with van der Waals surface area (Å²) in [6.07, 6.45) is 0.148. The Morgan fingerprint density at radius 1 is 1.30 bits per heavy atom. The molecule has 0 aliphatic heterocycles. The molecule has 0 aliphatic carbocycles. The number of nitrogens with one attached hydrogen (secondary N) is 1. The quantitative estimate of drug-likeness (QED) is 0.806. The summed E-state index contributed by atoms with van der Waals surface area (Å²) in [6, 6.07) is 3.65. The lowest BCUT2D eigenvalue weighted by Gasteiger charge is -2.13. The summed E-state index contributed by atoms with van der Waals surface area (Å²) in [5, 5.41) is 2.76. The highest BCUT2D eigenvalue weighted by molar-refractivity contribution is 9.10. The number of amides is 1. The molecule has 0 atom stereocenters. The topological polar surface area (TPSA) is 64.6 Å². The molecule has 0 heterocycles. The Bertz CT molecular complexity index is 502. The minimum absolute atomic E-state index is 0.0670. The summed E-state index contributed by atoms with van der Waals surface area (Å²) < 4.78 is 10.9. The molecule has 1 amide bonds. The molecule has 0 saturated heterocycles. The lowest BCUT2D eigenvalue weighted by atomic mass is 10.1. The second-order valence-electron chi connectivity index (χ2n) is 4.15. The van der Waals surface area contributed by atoms with E-state index in [0.29, 0.717) is 18.0 Å². The third-order valence-corrected chi connectivity index (χ3v) is 3.07. The first-order valence-electron chi connectivity index (χ1n) is 6.27. The van der Waals surface area contributed by atoms with Gasteiger partial charge in [-0.1, -0.05) is 15.9 Å². The number of halogens is 1. The summed E-state index contributed by atoms with van der Waals surface area (Å²) in [5.41, 5.74) is 1.49. The molecule has 0 spiro atoms. The number of hydrogen-bond acceptors (Lipinski definition) is 4. The minimum atomic E-state index is -0.373. The standard InChI is InChI=1S/C14H18BrNO4/c1-4-20-13(18)6-5-12(17)16-14-9(2)7-10(15)8-11(14)19-3/h7-8H,4-6H2,1-3H3,(H,16,17). The fourth-order valence-electron chi connectivity index (χ4n) is 1.68. The van der Waals surface area contributed by atoms with Gasteiger partial charge in [0, 0.05) is 10.9 Å². The van der Waals surface area contributed by atoms with E-state index in [9.17, 15) is 9.59 Å². The molecular formula is C14H18BrNO4. The van der Waals surface area contributed by atoms with Crippen molar-refractivity contribution in [1.29, 1.82) is 0 Å². The molecule has 1 aromatic carbocycles. The maximum Gasteiger partial charge on any atom is 0.306 e. The lowest BCUT2D eigenvalue weighted by Crippen LogP contribution is -2.15. The first-order chi connectivity index (χ1) is 9.47. The number of carbonyl (C=O) groups is 2. The van der Waals surface area contributed by atoms with E-state index in [0.717, 1.165) is 10.0 Å². The smallest absolute Gasteiger partial charge is 0.306 e. The van der Waals surface area contributed by atoms with Crippen LogP contribution in [0.5, 0.6) is 5.75 Å². The maximum absolute atomic E-state index is 11.8. The van der Waals surface area contributed by atoms with Crippen molar-refractivity contribution in [2.24, 2.45) is 0 Å². The number of anilines is 1. The Morgan fingerprint density at radius 3 is 2.60 bits per heavy atom. The van der Waals surface area contributed by atoms with Gasteiger partial charge in [-0.3, -0.25) is 9.59 Å². The molecule has 0 aromatic heterocycles. The van der Waals surface area contributed by atoms with Crippen molar-refractivity contribution in [3.05, 3.63) is 22.2 Å². The molecule has 6 heteroatoms. The highest BCUT2D eigenvalue weighted by atomic mass is 79.9. The van der Waals surface area contributed by atoms with Crippen LogP contribution in [0, 0.1) is 6.92 Å². The third-order valence-electron chi connectivity index (χ3n) is 2.61. The van der Waals surface area contributed by atoms with Crippen LogP contribution in [0.2, 0.25) is 0 Å². The van der Waals surface area contributed by atoms with Crippen LogP contribution in [-0.4, -0.2) is 25.6 Å². The van der Waals surface area contributed by atoms with Crippen molar-refractivity contribution in [3.8, 4) is 5.75 Å². The van der Waals surface area contributed by atoms with Crippen LogP contribution in [0.25, 0.3) is 0 Å². The molecule has 1 N–H and O–H groups in total. The monoisotopic (exact) mass is 343 g/mol. The van der Waals surface area contributed by atoms with Gasteiger partial charge in [0.05, 0.1) is 25.8 Å². The van der Waals surface area contributed by atoms with Gasteiger partial charge in [-0.15, -0.1) is 0 Å². The van der Waals surface area contributed by atoms with Gasteiger partial charge in [-0.05, 0) is 31.5 Å². The number of esters is 1. The zero-order valence-electron chi connectivity index (χ0n) is 11.8. The first-order valence-corrected chi connectivity index (χ1v) is 7.06. The van der Waals surface area contributed by atoms with Gasteiger partial charge in [-0.2, -0.15) is 0 Å². The van der Waals surface area contributed by atoms with Gasteiger partial charge < -0.3 is 14.8 Å². The zero-order chi connectivity index (χ0) is 15.1. The summed E-state index contributed by atoms with van der Waals surface area (Å²) in [5.74, 6) is -0.0507. The molecule has 1 rings (SSSR count). The van der Waals surface area contributed by atoms with Crippen LogP contribution < -0.4 is 10.1 Å². The van der Waals surface area contributed by atoms with Crippen molar-refractivity contribution in [1.82, 2.24) is 0 Å². The van der Waals surface area contributed by atoms with Crippen LogP contribution in [0.15, 0.2) is 16.6 Å². The van der Waals surface area contributed by atoms with Gasteiger partial charge in [0.2, 0.25) is 5.91 Å². The van der Waals surface area contributed by atoms with E-state index in [1.807, 2.05) is 13.0 Å². The van der Waals surface area contributed by atoms with E-state index in [2.05, 4.69) is 21.2 Å². The van der Waals surface area contributed by atoms with E-state index in [1.54, 1.807) is 13.0 Å². The zero-order valence-corrected chi connectivity index (χ0v) is 13.4. The molecule has 1 aromatic rings. The summed E-state index contributed by atoms with van der Waals surface area (Å²) in [6.45, 7) is 3.92. The molecule has 0 saturated carbocycles. The predicted octanol–water partition coefficient (Wildman–Crippen LogP) is 3.05. The van der Waals surface area contributed by atoms with E-state index in [-0.39, 0.29) is 24.7 Å². The van der Waals surface area contributed by atoms with Gasteiger partial charge in [0.25, 0.3) is 0 Å². The largest absolute Gasteiger partial charge is 0.495 e. The average molecular weight is 344 g/mol. The molecule has 0 aliphatic rings. The van der Waals surface area contributed by atoms with E-state index in [4.69, 9.17) is 9.47 Å². The minimum Gasteiger partial charge on any atom is -0.495 e. The van der Waals surface area contributed by atoms with Crippen molar-refractivity contribution in [2.75, 3.05) is 19.0 Å². The van der Waals surface area contributed by atoms with Crippen molar-refractivity contribution >= 4 is 33.5 Å². The van der Waals surface area contributed by atoms with Crippen LogP contribution >= 0.6 is 15.9 Å². The Balaban J connectivity index is 2.68. The summed E-state index contributed by atoms with van der Waals surface area (Å²) >= 11 is 3.37. The van der Waals surface area contributed by atoms with Gasteiger partial charge >= 0.3 is 5.97 Å². The van der Waals surface area contributed by atoms with Crippen molar-refractivity contribution in [3.63, 3.8) is 0 Å². The summed E-state index contributed by atoms with van der Waals surface area (Å²) in [7, 11) is 1.54. The van der Waals surface area contributed by atoms with Crippen LogP contribution in [0.4, 0.5) is 5.69 Å². The Morgan fingerprint density at radius 2 is 2.00 bits per heavy atom. The Labute approximate surface area is 126 Å². The van der Waals surface area contributed by atoms with Gasteiger partial charge in [-0.25, -0.2) is 0 Å². The summed E-state index contributed by atoms with van der Waals surface area (Å²) in [4.78, 5) is 23.0. The fourth-order valence-corrected chi connectivity index (χ4v) is 2.24. The van der Waals surface area contributed by atoms with Crippen molar-refractivity contribution < 1.29 is 19.1 Å². The SMILES string of the molecule is CCOC(=O)CCC(=O)Nc1c(C)cc(Br)cc1OC. The molecule has 0 bridgehead atoms. The predicted molar refractivity (Wildman–Crippen MR) is 79.9 cm³/mol. The molecule has 110 valence electrons. The number of ether oxygens (including phenoxy) is 2. The lowest BCUT2D eigenvalue weighted by molar-refractivity contribution is -0.144. The second kappa shape index (κ2) is 7.89. The van der Waals surface area contributed by atoms with E-state index in [1.165, 1.54) is 7.11 Å². The molecule has 0 unspecified atom stereocenters.